The zero-order chi connectivity index (χ0) is 97.3. The van der Waals surface area contributed by atoms with Gasteiger partial charge in [-0.05, 0) is 264 Å². The average molecular weight is 1850 g/mol. The molecule has 0 heterocycles. The van der Waals surface area contributed by atoms with Crippen LogP contribution in [-0.2, 0) is 24.0 Å². The van der Waals surface area contributed by atoms with Gasteiger partial charge >= 0.3 is 30.2 Å². The van der Waals surface area contributed by atoms with Crippen molar-refractivity contribution in [1.82, 2.24) is 74.4 Å². The number of hydrogen-bond acceptors (Lipinski definition) is 24. The molecule has 0 aromatic rings. The van der Waals surface area contributed by atoms with Gasteiger partial charge in [-0.25, -0.2) is 24.0 Å². The minimum Gasteiger partial charge on any atom is -0.396 e. The lowest BCUT2D eigenvalue weighted by molar-refractivity contribution is -0.123. The van der Waals surface area contributed by atoms with Gasteiger partial charge in [-0.1, -0.05) is 116 Å². The first kappa shape index (κ1) is 135. The van der Waals surface area contributed by atoms with Gasteiger partial charge in [0.05, 0.1) is 12.1 Å². The topological polar surface area (TPSA) is 718 Å². The molecule has 39 nitrogen and oxygen atoms in total. The second kappa shape index (κ2) is 121. The predicted molar refractivity (Wildman–Crippen MR) is 530 cm³/mol. The van der Waals surface area contributed by atoms with E-state index in [0.29, 0.717) is 117 Å². The highest BCUT2D eigenvalue weighted by atomic mass is 16.3. The zero-order valence-corrected chi connectivity index (χ0v) is 81.1. The van der Waals surface area contributed by atoms with Crippen LogP contribution in [0.2, 0.25) is 0 Å². The molecule has 0 rings (SSSR count). The Morgan fingerprint density at radius 1 is 0.209 bits per heavy atom. The van der Waals surface area contributed by atoms with Crippen molar-refractivity contribution in [2.75, 3.05) is 170 Å². The van der Waals surface area contributed by atoms with Crippen molar-refractivity contribution in [1.29, 1.82) is 0 Å². The quantitative estimate of drug-likeness (QED) is 0.0373. The van der Waals surface area contributed by atoms with E-state index in [4.69, 9.17) is 84.8 Å². The van der Waals surface area contributed by atoms with E-state index in [1.165, 1.54) is 0 Å². The predicted octanol–water partition coefficient (Wildman–Crippen LogP) is 4.49. The van der Waals surface area contributed by atoms with E-state index in [2.05, 4.69) is 81.4 Å². The van der Waals surface area contributed by atoms with Gasteiger partial charge in [0, 0.05) is 124 Å². The molecule has 0 bridgehead atoms. The van der Waals surface area contributed by atoms with Gasteiger partial charge in [-0.3, -0.25) is 24.0 Å². The summed E-state index contributed by atoms with van der Waals surface area (Å²) >= 11 is 0. The Balaban J connectivity index is -0.000000274. The maximum atomic E-state index is 11.6. The molecule has 15 amide bonds. The number of aliphatic hydroxyl groups is 2. The highest BCUT2D eigenvalue weighted by molar-refractivity contribution is 5.81. The van der Waals surface area contributed by atoms with E-state index in [0.717, 1.165) is 367 Å². The maximum Gasteiger partial charge on any atom is 0.314 e. The number of rotatable bonds is 82. The van der Waals surface area contributed by atoms with Crippen molar-refractivity contribution in [2.24, 2.45) is 74.5 Å². The second-order valence-corrected chi connectivity index (χ2v) is 31.9. The third-order valence-electron chi connectivity index (χ3n) is 19.5. The van der Waals surface area contributed by atoms with Gasteiger partial charge in [0.15, 0.2) is 0 Å². The minimum atomic E-state index is -0.494. The van der Waals surface area contributed by atoms with Gasteiger partial charge in [-0.15, -0.1) is 0 Å². The number of carbonyl (C=O) groups excluding carboxylic acids is 10. The standard InChI is InChI=1S/C18H40N6O2.C18H38N4O4.C14H30N4O2.C13H30N4O.C11H25N3O.C10H23N3O.C6H15N3O/c19-11-5-1-3-7-13-21-17(25)23-15-9-10-16-24-18(26)22-14-8-4-2-6-12-20;23-15-9-3-1-5-11-19-17(25)21-13-7-8-14-22-18(26)20-12-6-2-4-10-16-24;15-9-3-5-11-17-13(19)7-1-2-8-14(20)18-12-6-4-10-16;14-9-5-1-3-7-11-16-13(18)17-12-8-4-2-6-10-15;12-8-4-1-3-7-11(15)14-10-6-2-5-9-13;1-2-3-8-13-10(14)9(12)6-4-5-7-11;7-4-2-1-3-5(8)6(9)10/h1-16,19-20H2,(H2,21,23,25)(H2,22,24,26);23-24H,1-16H2,(H2,19,21,25)(H2,20,22,26);1-12,15-16H2,(H,17,19)(H,18,20);1-12,14-15H2,(H2,16,17,18);1-10,12-13H2,(H,14,15);9H,2-8,11-12H2,1H3,(H,13,14);5H,1-4,7-8H2,(H2,9,10)/t;;;;;9-;5-/m.....00/s1. The summed E-state index contributed by atoms with van der Waals surface area (Å²) in [6.07, 6.45) is 48.3. The summed E-state index contributed by atoms with van der Waals surface area (Å²) in [5, 5.41) is 57.0. The molecular weight excluding hydrogens is 1650 g/mol. The van der Waals surface area contributed by atoms with Crippen LogP contribution in [0.1, 0.15) is 334 Å². The number of unbranched alkanes of at least 4 members (excludes halogenated alkanes) is 30. The lowest BCUT2D eigenvalue weighted by atomic mass is 10.1. The van der Waals surface area contributed by atoms with Crippen molar-refractivity contribution in [3.05, 3.63) is 0 Å². The molecule has 0 aliphatic heterocycles. The summed E-state index contributed by atoms with van der Waals surface area (Å²) < 4.78 is 0. The Labute approximate surface area is 780 Å². The van der Waals surface area contributed by atoms with E-state index in [9.17, 15) is 47.9 Å². The lowest BCUT2D eigenvalue weighted by Gasteiger charge is -2.11. The molecule has 129 heavy (non-hydrogen) atoms. The molecule has 0 saturated heterocycles. The first-order valence-corrected chi connectivity index (χ1v) is 49.8. The number of urea groups is 5. The van der Waals surface area contributed by atoms with Crippen molar-refractivity contribution < 1.29 is 58.2 Å². The third-order valence-corrected chi connectivity index (χ3v) is 19.5. The van der Waals surface area contributed by atoms with E-state index >= 15 is 0 Å². The van der Waals surface area contributed by atoms with Crippen molar-refractivity contribution in [3.8, 4) is 0 Å². The molecule has 0 spiro atoms. The van der Waals surface area contributed by atoms with Crippen molar-refractivity contribution >= 4 is 59.7 Å². The van der Waals surface area contributed by atoms with E-state index in [1.54, 1.807) is 0 Å². The molecule has 0 aromatic carbocycles. The third kappa shape index (κ3) is 132. The van der Waals surface area contributed by atoms with Gasteiger partial charge in [-0.2, -0.15) is 0 Å². The first-order valence-electron chi connectivity index (χ1n) is 49.8. The SMILES string of the molecule is CCCCNC(=O)[C@@H](N)CCCCN.NCCCCCCNC(=O)NCCCCCCN.NCCCCCCNC(=O)NCCCCNC(=O)NCCCCCCN.NCCCCCNC(=O)CCCCCN.NCCCCNC(=O)CCCCC(=O)NCCCCN.NCCCC[C@H](N)C(N)=O.O=C(NCCCCCCO)NCCCCNC(=O)NCCCCCCO. The Bertz CT molecular complexity index is 2230. The average Bonchev–Trinajstić information content (AvgIpc) is 0.982. The van der Waals surface area contributed by atoms with Gasteiger partial charge in [0.2, 0.25) is 29.5 Å². The summed E-state index contributed by atoms with van der Waals surface area (Å²) in [7, 11) is 0. The van der Waals surface area contributed by atoms with Crippen LogP contribution in [0.15, 0.2) is 0 Å². The van der Waals surface area contributed by atoms with Crippen LogP contribution in [0, 0.1) is 0 Å². The van der Waals surface area contributed by atoms with Gasteiger partial charge in [0.25, 0.3) is 0 Å². The number of aliphatic hydroxyl groups excluding tert-OH is 2. The van der Waals surface area contributed by atoms with Crippen LogP contribution in [-0.4, -0.2) is 252 Å². The fraction of sp³-hybridized carbons (Fsp3) is 0.889. The number of primary amides is 1. The van der Waals surface area contributed by atoms with Crippen LogP contribution in [0.25, 0.3) is 0 Å². The fourth-order valence-electron chi connectivity index (χ4n) is 11.4. The summed E-state index contributed by atoms with van der Waals surface area (Å²) in [4.78, 5) is 113. The molecule has 0 aliphatic rings. The molecule has 0 unspecified atom stereocenters. The highest BCUT2D eigenvalue weighted by Crippen LogP contribution is 2.06. The summed E-state index contributed by atoms with van der Waals surface area (Å²) in [6.45, 7) is 19.2. The number of carbonyl (C=O) groups is 10. The van der Waals surface area contributed by atoms with Crippen LogP contribution in [0.5, 0.6) is 0 Å². The van der Waals surface area contributed by atoms with E-state index in [-0.39, 0.29) is 73.0 Å². The zero-order valence-electron chi connectivity index (χ0n) is 81.1. The molecular formula is C90H201N27O12. The Morgan fingerprint density at radius 2 is 0.380 bits per heavy atom. The molecule has 0 saturated carbocycles. The largest absolute Gasteiger partial charge is 0.396 e. The fourth-order valence-corrected chi connectivity index (χ4v) is 11.4. The number of amides is 15. The highest BCUT2D eigenvalue weighted by Gasteiger charge is 2.13. The summed E-state index contributed by atoms with van der Waals surface area (Å²) in [6, 6.07) is -1.45. The summed E-state index contributed by atoms with van der Waals surface area (Å²) in [5.74, 6) is -0.178. The lowest BCUT2D eigenvalue weighted by Crippen LogP contribution is -2.40. The first-order chi connectivity index (χ1) is 62.6. The molecule has 768 valence electrons. The second-order valence-electron chi connectivity index (χ2n) is 31.9. The number of hydrogen-bond donors (Lipinski definition) is 29. The molecule has 2 atom stereocenters. The van der Waals surface area contributed by atoms with Crippen LogP contribution in [0.4, 0.5) is 24.0 Å². The van der Waals surface area contributed by atoms with Crippen molar-refractivity contribution in [2.45, 2.75) is 346 Å². The van der Waals surface area contributed by atoms with E-state index < -0.39 is 11.9 Å². The smallest absolute Gasteiger partial charge is 0.314 e. The molecule has 42 N–H and O–H groups in total. The van der Waals surface area contributed by atoms with Crippen molar-refractivity contribution in [3.63, 3.8) is 0 Å². The van der Waals surface area contributed by atoms with Crippen LogP contribution >= 0.6 is 0 Å². The maximum absolute atomic E-state index is 11.6. The Kier molecular flexibility index (Phi) is 127. The Hall–Kier alpha value is -6.86. The van der Waals surface area contributed by atoms with E-state index in [1.807, 2.05) is 0 Å². The number of nitrogens with one attached hydrogen (secondary N) is 14. The monoisotopic (exact) mass is 1850 g/mol. The molecule has 0 aromatic heterocycles. The minimum absolute atomic E-state index is 0.0320. The normalized spacial score (nSPS) is 10.8. The molecule has 39 heteroatoms. The van der Waals surface area contributed by atoms with Crippen LogP contribution < -0.4 is 149 Å². The molecule has 0 radical (unpaired) electrons. The van der Waals surface area contributed by atoms with Gasteiger partial charge in [0.1, 0.15) is 0 Å². The van der Waals surface area contributed by atoms with Crippen LogP contribution in [0.3, 0.4) is 0 Å². The van der Waals surface area contributed by atoms with Gasteiger partial charge < -0.3 is 159 Å². The molecule has 0 fully saturated rings. The summed E-state index contributed by atoms with van der Waals surface area (Å²) in [5.41, 5.74) is 69.7. The number of nitrogens with two attached hydrogens (primary N) is 13. The molecule has 0 aliphatic carbocycles. The Morgan fingerprint density at radius 3 is 0.612 bits per heavy atom.